The second-order valence-electron chi connectivity index (χ2n) is 12.6. The lowest BCUT2D eigenvalue weighted by Crippen LogP contribution is -2.54. The third-order valence-corrected chi connectivity index (χ3v) is 9.68. The average Bonchev–Trinajstić information content (AvgIpc) is 3.28. The van der Waals surface area contributed by atoms with Crippen LogP contribution in [0.25, 0.3) is 0 Å². The highest BCUT2D eigenvalue weighted by Crippen LogP contribution is 2.35. The number of hydrogen-bond donors (Lipinski definition) is 3. The molecular weight excluding hydrogens is 592 g/mol. The first-order valence-electron chi connectivity index (χ1n) is 16.0. The molecule has 5 heterocycles. The highest BCUT2D eigenvalue weighted by atomic mass is 16.5. The number of ether oxygens (including phenoxy) is 2. The number of fused-ring (bicyclic) bond motifs is 1. The number of carbonyl (C=O) groups is 5. The summed E-state index contributed by atoms with van der Waals surface area (Å²) >= 11 is 0. The van der Waals surface area contributed by atoms with E-state index in [0.29, 0.717) is 31.9 Å². The van der Waals surface area contributed by atoms with Crippen LogP contribution in [0, 0.1) is 0 Å². The van der Waals surface area contributed by atoms with Gasteiger partial charge in [-0.2, -0.15) is 0 Å². The lowest BCUT2D eigenvalue weighted by atomic mass is 10.0. The van der Waals surface area contributed by atoms with Crippen molar-refractivity contribution in [3.05, 3.63) is 53.1 Å². The first kappa shape index (κ1) is 30.2. The number of nitrogens with zero attached hydrogens (tertiary/aromatic N) is 3. The Hall–Kier alpha value is -4.49. The molecule has 7 rings (SSSR count). The topological polar surface area (TPSA) is 164 Å². The van der Waals surface area contributed by atoms with Gasteiger partial charge in [-0.1, -0.05) is 6.07 Å². The zero-order valence-electron chi connectivity index (χ0n) is 25.5. The van der Waals surface area contributed by atoms with Crippen LogP contribution in [0.3, 0.4) is 0 Å². The number of carbonyl (C=O) groups excluding carboxylic acids is 5. The Labute approximate surface area is 266 Å². The molecule has 0 spiro atoms. The molecule has 4 N–H and O–H groups in total. The number of amides is 5. The molecule has 0 bridgehead atoms. The molecule has 2 aromatic rings. The normalized spacial score (nSPS) is 23.0. The third-order valence-electron chi connectivity index (χ3n) is 9.68. The van der Waals surface area contributed by atoms with Crippen LogP contribution in [-0.2, 0) is 19.1 Å². The zero-order valence-corrected chi connectivity index (χ0v) is 25.5. The summed E-state index contributed by atoms with van der Waals surface area (Å²) in [5.41, 5.74) is 9.39. The lowest BCUT2D eigenvalue weighted by molar-refractivity contribution is -0.136. The van der Waals surface area contributed by atoms with E-state index in [9.17, 15) is 24.0 Å². The van der Waals surface area contributed by atoms with Crippen LogP contribution in [0.15, 0.2) is 36.4 Å². The van der Waals surface area contributed by atoms with Crippen LogP contribution in [0.2, 0.25) is 0 Å². The molecule has 242 valence electrons. The minimum Gasteiger partial charge on any atom is -0.381 e. The van der Waals surface area contributed by atoms with Gasteiger partial charge in [0.2, 0.25) is 11.8 Å². The van der Waals surface area contributed by atoms with Gasteiger partial charge in [-0.3, -0.25) is 34.2 Å². The van der Waals surface area contributed by atoms with Gasteiger partial charge in [-0.05, 0) is 62.4 Å². The predicted octanol–water partition coefficient (Wildman–Crippen LogP) is 1.65. The van der Waals surface area contributed by atoms with Gasteiger partial charge >= 0.3 is 0 Å². The maximum atomic E-state index is 13.2. The summed E-state index contributed by atoms with van der Waals surface area (Å²) in [4.78, 5) is 67.8. The van der Waals surface area contributed by atoms with Crippen LogP contribution >= 0.6 is 0 Å². The van der Waals surface area contributed by atoms with E-state index in [1.165, 1.54) is 0 Å². The smallest absolute Gasteiger partial charge is 0.262 e. The SMILES string of the molecule is NC(=O)c1cccc(N2CCC(OC3CN(c4ccc5c(c4)C(=O)N(C4CCC(=O)NC4=O)C5=O)C3)CC2)c1NC1CCOCC1. The van der Waals surface area contributed by atoms with Gasteiger partial charge in [0.15, 0.2) is 0 Å². The Bertz CT molecular complexity index is 1580. The Balaban J connectivity index is 0.937. The van der Waals surface area contributed by atoms with E-state index in [4.69, 9.17) is 15.2 Å². The molecule has 5 aliphatic heterocycles. The molecule has 2 aromatic carbocycles. The molecule has 13 heteroatoms. The predicted molar refractivity (Wildman–Crippen MR) is 168 cm³/mol. The Morgan fingerprint density at radius 1 is 0.891 bits per heavy atom. The molecule has 0 aliphatic carbocycles. The number of para-hydroxylation sites is 1. The summed E-state index contributed by atoms with van der Waals surface area (Å²) in [6, 6.07) is 10.1. The summed E-state index contributed by atoms with van der Waals surface area (Å²) in [6.07, 6.45) is 3.81. The van der Waals surface area contributed by atoms with Gasteiger partial charge in [-0.25, -0.2) is 0 Å². The van der Waals surface area contributed by atoms with E-state index in [2.05, 4.69) is 20.4 Å². The quantitative estimate of drug-likeness (QED) is 0.366. The van der Waals surface area contributed by atoms with Crippen molar-refractivity contribution >= 4 is 46.6 Å². The summed E-state index contributed by atoms with van der Waals surface area (Å²) in [7, 11) is 0. The van der Waals surface area contributed by atoms with E-state index >= 15 is 0 Å². The molecule has 5 aliphatic rings. The van der Waals surface area contributed by atoms with Crippen LogP contribution in [0.1, 0.15) is 69.6 Å². The minimum atomic E-state index is -0.983. The van der Waals surface area contributed by atoms with Crippen LogP contribution < -0.4 is 26.2 Å². The van der Waals surface area contributed by atoms with Gasteiger partial charge in [0.1, 0.15) is 6.04 Å². The van der Waals surface area contributed by atoms with Gasteiger partial charge in [0, 0.05) is 57.5 Å². The van der Waals surface area contributed by atoms with Crippen molar-refractivity contribution in [3.63, 3.8) is 0 Å². The number of hydrogen-bond acceptors (Lipinski definition) is 10. The highest BCUT2D eigenvalue weighted by Gasteiger charge is 2.45. The van der Waals surface area contributed by atoms with Gasteiger partial charge in [0.05, 0.1) is 40.3 Å². The summed E-state index contributed by atoms with van der Waals surface area (Å²) in [5, 5.41) is 5.81. The van der Waals surface area contributed by atoms with Gasteiger partial charge in [-0.15, -0.1) is 0 Å². The molecule has 46 heavy (non-hydrogen) atoms. The summed E-state index contributed by atoms with van der Waals surface area (Å²) < 4.78 is 12.0. The minimum absolute atomic E-state index is 0.0473. The number of rotatable bonds is 8. The fourth-order valence-corrected chi connectivity index (χ4v) is 7.10. The summed E-state index contributed by atoms with van der Waals surface area (Å²) in [5.74, 6) is -2.49. The fraction of sp³-hybridized carbons (Fsp3) is 0.485. The van der Waals surface area contributed by atoms with Gasteiger partial charge in [0.25, 0.3) is 17.7 Å². The van der Waals surface area contributed by atoms with E-state index < -0.39 is 35.6 Å². The molecule has 4 fully saturated rings. The maximum absolute atomic E-state index is 13.2. The first-order chi connectivity index (χ1) is 22.3. The second-order valence-corrected chi connectivity index (χ2v) is 12.6. The van der Waals surface area contributed by atoms with Crippen molar-refractivity contribution in [1.82, 2.24) is 10.2 Å². The molecular formula is C33H38N6O7. The molecule has 0 aromatic heterocycles. The van der Waals surface area contributed by atoms with Crippen molar-refractivity contribution in [1.29, 1.82) is 0 Å². The van der Waals surface area contributed by atoms with Crippen molar-refractivity contribution in [2.24, 2.45) is 5.73 Å². The average molecular weight is 631 g/mol. The molecule has 0 radical (unpaired) electrons. The van der Waals surface area contributed by atoms with Crippen LogP contribution in [0.5, 0.6) is 0 Å². The first-order valence-corrected chi connectivity index (χ1v) is 16.0. The summed E-state index contributed by atoms with van der Waals surface area (Å²) in [6.45, 7) is 4.30. The van der Waals surface area contributed by atoms with Crippen molar-refractivity contribution in [2.45, 2.75) is 62.8 Å². The van der Waals surface area contributed by atoms with Gasteiger partial charge < -0.3 is 30.3 Å². The molecule has 4 saturated heterocycles. The molecule has 1 atom stereocenters. The van der Waals surface area contributed by atoms with E-state index in [1.54, 1.807) is 18.2 Å². The van der Waals surface area contributed by atoms with Crippen LogP contribution in [0.4, 0.5) is 17.1 Å². The fourth-order valence-electron chi connectivity index (χ4n) is 7.10. The number of nitrogens with one attached hydrogen (secondary N) is 2. The third kappa shape index (κ3) is 5.69. The number of primary amides is 1. The van der Waals surface area contributed by atoms with E-state index in [0.717, 1.165) is 60.7 Å². The molecule has 0 saturated carbocycles. The number of imide groups is 2. The molecule has 5 amide bonds. The number of piperidine rings is 2. The molecule has 13 nitrogen and oxygen atoms in total. The Morgan fingerprint density at radius 2 is 1.63 bits per heavy atom. The zero-order chi connectivity index (χ0) is 31.9. The van der Waals surface area contributed by atoms with E-state index in [1.807, 2.05) is 18.2 Å². The number of nitrogens with two attached hydrogens (primary N) is 1. The monoisotopic (exact) mass is 630 g/mol. The maximum Gasteiger partial charge on any atom is 0.262 e. The van der Waals surface area contributed by atoms with Crippen molar-refractivity contribution in [2.75, 3.05) is 54.5 Å². The highest BCUT2D eigenvalue weighted by molar-refractivity contribution is 6.23. The Morgan fingerprint density at radius 3 is 2.35 bits per heavy atom. The molecule has 1 unspecified atom stereocenters. The lowest BCUT2D eigenvalue weighted by Gasteiger charge is -2.44. The van der Waals surface area contributed by atoms with Crippen molar-refractivity contribution in [3.8, 4) is 0 Å². The van der Waals surface area contributed by atoms with Crippen LogP contribution in [-0.4, -0.2) is 98.1 Å². The van der Waals surface area contributed by atoms with E-state index in [-0.39, 0.29) is 42.2 Å². The Kier molecular flexibility index (Phi) is 8.11. The largest absolute Gasteiger partial charge is 0.381 e. The van der Waals surface area contributed by atoms with Crippen molar-refractivity contribution < 1.29 is 33.4 Å². The second kappa shape index (κ2) is 12.4. The number of anilines is 3. The number of benzene rings is 2. The standard InChI is InChI=1S/C33H38N6O7/c34-30(41)24-2-1-3-26(29(24)35-19-10-14-45-15-11-19)37-12-8-21(9-13-37)46-22-17-38(18-22)20-4-5-23-25(16-20)33(44)39(32(23)43)27-6-7-28(40)36-31(27)42/h1-5,16,19,21-22,27,35H,6-15,17-18H2,(H2,34,41)(H,36,40,42).